The molecule has 3 heterocycles. The number of hydrogen-bond donors (Lipinski definition) is 3. The molecule has 3 rings (SSSR count). The summed E-state index contributed by atoms with van der Waals surface area (Å²) in [5, 5.41) is 25.9. The molecule has 3 N–H and O–H groups in total. The maximum atomic E-state index is 10.9. The molecule has 0 radical (unpaired) electrons. The molecule has 31 heavy (non-hydrogen) atoms. The molecule has 174 valence electrons. The summed E-state index contributed by atoms with van der Waals surface area (Å²) in [4.78, 5) is 7.18. The smallest absolute Gasteiger partial charge is 0.191 e. The standard InChI is InChI=1S/C21H35N7O2.HI/c1-6-28-11-7-8-17(28)12-22-20(23-13-19-26-25-16(3)27(19)5)24-14-21(4,29)18-10-9-15(2)30-18;/h9-10,17,29H,6-8,11-14H2,1-5H3,(H2,22,23,24);1H. The Morgan fingerprint density at radius 2 is 2.10 bits per heavy atom. The van der Waals surface area contributed by atoms with Crippen molar-refractivity contribution in [2.24, 2.45) is 12.0 Å². The molecule has 9 nitrogen and oxygen atoms in total. The first-order chi connectivity index (χ1) is 14.3. The lowest BCUT2D eigenvalue weighted by Crippen LogP contribution is -2.48. The largest absolute Gasteiger partial charge is 0.463 e. The Labute approximate surface area is 201 Å². The lowest BCUT2D eigenvalue weighted by atomic mass is 10.0. The van der Waals surface area contributed by atoms with Crippen LogP contribution < -0.4 is 10.6 Å². The van der Waals surface area contributed by atoms with E-state index in [2.05, 4.69) is 32.7 Å². The maximum absolute atomic E-state index is 10.9. The van der Waals surface area contributed by atoms with Crippen molar-refractivity contribution < 1.29 is 9.52 Å². The first-order valence-corrected chi connectivity index (χ1v) is 10.7. The van der Waals surface area contributed by atoms with Gasteiger partial charge in [-0.15, -0.1) is 34.2 Å². The van der Waals surface area contributed by atoms with Gasteiger partial charge in [0.1, 0.15) is 29.5 Å². The molecule has 0 aromatic carbocycles. The van der Waals surface area contributed by atoms with Crippen LogP contribution in [0, 0.1) is 13.8 Å². The molecule has 0 saturated carbocycles. The normalized spacial score (nSPS) is 19.2. The van der Waals surface area contributed by atoms with Crippen LogP contribution in [0.4, 0.5) is 0 Å². The van der Waals surface area contributed by atoms with Crippen LogP contribution in [0.5, 0.6) is 0 Å². The molecule has 1 aliphatic rings. The van der Waals surface area contributed by atoms with Crippen LogP contribution in [0.25, 0.3) is 0 Å². The van der Waals surface area contributed by atoms with E-state index in [1.54, 1.807) is 13.0 Å². The Morgan fingerprint density at radius 3 is 2.71 bits per heavy atom. The van der Waals surface area contributed by atoms with Crippen LogP contribution in [-0.2, 0) is 19.2 Å². The number of likely N-dealkylation sites (N-methyl/N-ethyl adjacent to an activating group) is 1. The van der Waals surface area contributed by atoms with Gasteiger partial charge in [0.05, 0.1) is 6.54 Å². The Kier molecular flexibility index (Phi) is 9.31. The van der Waals surface area contributed by atoms with E-state index >= 15 is 0 Å². The van der Waals surface area contributed by atoms with E-state index in [-0.39, 0.29) is 30.5 Å². The maximum Gasteiger partial charge on any atom is 0.191 e. The van der Waals surface area contributed by atoms with Gasteiger partial charge in [-0.1, -0.05) is 6.92 Å². The fourth-order valence-electron chi connectivity index (χ4n) is 3.74. The van der Waals surface area contributed by atoms with Gasteiger partial charge >= 0.3 is 0 Å². The van der Waals surface area contributed by atoms with Crippen molar-refractivity contribution in [3.8, 4) is 0 Å². The van der Waals surface area contributed by atoms with Gasteiger partial charge in [-0.25, -0.2) is 4.99 Å². The monoisotopic (exact) mass is 545 g/mol. The van der Waals surface area contributed by atoms with Gasteiger partial charge in [0.2, 0.25) is 0 Å². The highest BCUT2D eigenvalue weighted by Gasteiger charge is 2.28. The zero-order valence-electron chi connectivity index (χ0n) is 19.2. The molecular formula is C21H36IN7O2. The molecule has 1 fully saturated rings. The number of hydrogen-bond acceptors (Lipinski definition) is 6. The minimum Gasteiger partial charge on any atom is -0.463 e. The first kappa shape index (κ1) is 25.6. The Balaban J connectivity index is 0.00000341. The molecule has 2 unspecified atom stereocenters. The fraction of sp³-hybridized carbons (Fsp3) is 0.667. The molecule has 2 aromatic rings. The van der Waals surface area contributed by atoms with Crippen molar-refractivity contribution in [3.05, 3.63) is 35.3 Å². The summed E-state index contributed by atoms with van der Waals surface area (Å²) in [6.45, 7) is 11.4. The molecule has 2 atom stereocenters. The van der Waals surface area contributed by atoms with E-state index in [0.29, 0.717) is 24.3 Å². The fourth-order valence-corrected chi connectivity index (χ4v) is 3.74. The first-order valence-electron chi connectivity index (χ1n) is 10.7. The topological polar surface area (TPSA) is 104 Å². The zero-order valence-corrected chi connectivity index (χ0v) is 21.5. The predicted octanol–water partition coefficient (Wildman–Crippen LogP) is 2.07. The third kappa shape index (κ3) is 6.66. The van der Waals surface area contributed by atoms with E-state index in [0.717, 1.165) is 37.0 Å². The summed E-state index contributed by atoms with van der Waals surface area (Å²) in [5.74, 6) is 3.59. The van der Waals surface area contributed by atoms with Crippen LogP contribution in [0.3, 0.4) is 0 Å². The van der Waals surface area contributed by atoms with Gasteiger partial charge in [-0.05, 0) is 58.8 Å². The SMILES string of the molecule is CCN1CCCC1CNC(=NCc1nnc(C)n1C)NCC(C)(O)c1ccc(C)o1.I. The van der Waals surface area contributed by atoms with Gasteiger partial charge in [-0.3, -0.25) is 4.90 Å². The van der Waals surface area contributed by atoms with Crippen LogP contribution in [0.1, 0.15) is 49.9 Å². The number of nitrogens with one attached hydrogen (secondary N) is 2. The molecule has 2 aromatic heterocycles. The van der Waals surface area contributed by atoms with Crippen molar-refractivity contribution in [3.63, 3.8) is 0 Å². The molecule has 1 aliphatic heterocycles. The van der Waals surface area contributed by atoms with Crippen LogP contribution in [-0.4, -0.2) is 63.0 Å². The summed E-state index contributed by atoms with van der Waals surface area (Å²) < 4.78 is 7.55. The second-order valence-electron chi connectivity index (χ2n) is 8.23. The van der Waals surface area contributed by atoms with E-state index in [1.807, 2.05) is 31.5 Å². The summed E-state index contributed by atoms with van der Waals surface area (Å²) in [7, 11) is 1.93. The summed E-state index contributed by atoms with van der Waals surface area (Å²) in [6, 6.07) is 4.15. The molecule has 0 bridgehead atoms. The average Bonchev–Trinajstić information content (AvgIpc) is 3.43. The molecule has 0 spiro atoms. The quantitative estimate of drug-likeness (QED) is 0.265. The van der Waals surface area contributed by atoms with E-state index in [9.17, 15) is 5.11 Å². The lowest BCUT2D eigenvalue weighted by molar-refractivity contribution is 0.0377. The van der Waals surface area contributed by atoms with Crippen molar-refractivity contribution >= 4 is 29.9 Å². The number of nitrogens with zero attached hydrogens (tertiary/aromatic N) is 5. The molecule has 0 amide bonds. The van der Waals surface area contributed by atoms with E-state index < -0.39 is 5.60 Å². The van der Waals surface area contributed by atoms with Gasteiger partial charge in [0, 0.05) is 19.6 Å². The van der Waals surface area contributed by atoms with Crippen LogP contribution >= 0.6 is 24.0 Å². The minimum atomic E-state index is -1.15. The number of rotatable bonds is 8. The second kappa shape index (κ2) is 11.3. The van der Waals surface area contributed by atoms with Crippen molar-refractivity contribution in [2.75, 3.05) is 26.2 Å². The Morgan fingerprint density at radius 1 is 1.32 bits per heavy atom. The number of halogens is 1. The third-order valence-corrected chi connectivity index (χ3v) is 5.84. The molecule has 0 aliphatic carbocycles. The lowest BCUT2D eigenvalue weighted by Gasteiger charge is -2.26. The van der Waals surface area contributed by atoms with Gasteiger partial charge in [0.15, 0.2) is 11.8 Å². The van der Waals surface area contributed by atoms with Crippen molar-refractivity contribution in [1.29, 1.82) is 0 Å². The number of aliphatic imine (C=N–C) groups is 1. The van der Waals surface area contributed by atoms with E-state index in [1.165, 1.54) is 12.8 Å². The highest BCUT2D eigenvalue weighted by molar-refractivity contribution is 14.0. The summed E-state index contributed by atoms with van der Waals surface area (Å²) in [6.07, 6.45) is 2.41. The van der Waals surface area contributed by atoms with Gasteiger partial charge in [0.25, 0.3) is 0 Å². The van der Waals surface area contributed by atoms with Crippen molar-refractivity contribution in [1.82, 2.24) is 30.3 Å². The number of furan rings is 1. The van der Waals surface area contributed by atoms with Crippen molar-refractivity contribution in [2.45, 2.75) is 58.7 Å². The number of aromatic nitrogens is 3. The summed E-state index contributed by atoms with van der Waals surface area (Å²) >= 11 is 0. The average molecular weight is 545 g/mol. The minimum absolute atomic E-state index is 0. The molecule has 1 saturated heterocycles. The number of aryl methyl sites for hydroxylation is 2. The Bertz CT molecular complexity index is 862. The molecule has 10 heteroatoms. The van der Waals surface area contributed by atoms with Crippen LogP contribution in [0.2, 0.25) is 0 Å². The summed E-state index contributed by atoms with van der Waals surface area (Å²) in [5.41, 5.74) is -1.15. The predicted molar refractivity (Wildman–Crippen MR) is 132 cm³/mol. The number of likely N-dealkylation sites (tertiary alicyclic amines) is 1. The number of aliphatic hydroxyl groups is 1. The highest BCUT2D eigenvalue weighted by atomic mass is 127. The highest BCUT2D eigenvalue weighted by Crippen LogP contribution is 2.22. The van der Waals surface area contributed by atoms with Crippen LogP contribution in [0.15, 0.2) is 21.5 Å². The third-order valence-electron chi connectivity index (χ3n) is 5.84. The van der Waals surface area contributed by atoms with E-state index in [4.69, 9.17) is 9.41 Å². The molecular weight excluding hydrogens is 509 g/mol. The van der Waals surface area contributed by atoms with Gasteiger partial charge < -0.3 is 24.7 Å². The van der Waals surface area contributed by atoms with Gasteiger partial charge in [-0.2, -0.15) is 0 Å². The zero-order chi connectivity index (χ0) is 21.7. The second-order valence-corrected chi connectivity index (χ2v) is 8.23. The Hall–Kier alpha value is -1.66. The number of guanidine groups is 1.